The molecule has 74 heavy (non-hydrogen) atoms. The lowest BCUT2D eigenvalue weighted by molar-refractivity contribution is -0.125. The van der Waals surface area contributed by atoms with Gasteiger partial charge in [0.2, 0.25) is 5.91 Å². The van der Waals surface area contributed by atoms with Crippen LogP contribution in [-0.4, -0.2) is 46.1 Å². The van der Waals surface area contributed by atoms with Gasteiger partial charge in [-0.25, -0.2) is 0 Å². The minimum atomic E-state index is -0.747. The van der Waals surface area contributed by atoms with Gasteiger partial charge in [0.05, 0.1) is 31.3 Å². The van der Waals surface area contributed by atoms with Crippen molar-refractivity contribution in [2.75, 3.05) is 6.61 Å². The van der Waals surface area contributed by atoms with Crippen molar-refractivity contribution < 1.29 is 20.1 Å². The van der Waals surface area contributed by atoms with E-state index in [-0.39, 0.29) is 18.9 Å². The molecule has 0 aliphatic rings. The molecule has 3 unspecified atom stereocenters. The van der Waals surface area contributed by atoms with Gasteiger partial charge in [-0.15, -0.1) is 0 Å². The summed E-state index contributed by atoms with van der Waals surface area (Å²) in [4.78, 5) is 12.6. The van der Waals surface area contributed by atoms with E-state index < -0.39 is 18.2 Å². The van der Waals surface area contributed by atoms with Crippen LogP contribution in [0.4, 0.5) is 0 Å². The molecule has 0 aromatic carbocycles. The zero-order valence-electron chi connectivity index (χ0n) is 51.0. The maximum Gasteiger partial charge on any atom is 0.222 e. The lowest BCUT2D eigenvalue weighted by Crippen LogP contribution is -2.46. The molecule has 0 fully saturated rings. The van der Waals surface area contributed by atoms with E-state index in [1.807, 2.05) is 0 Å². The van der Waals surface area contributed by atoms with E-state index in [0.717, 1.165) is 25.7 Å². The van der Waals surface area contributed by atoms with E-state index >= 15 is 0 Å². The molecule has 0 aromatic rings. The number of aliphatic hydroxyl groups is 3. The minimum absolute atomic E-state index is 0.0440. The molecule has 0 radical (unpaired) electrons. The second kappa shape index (κ2) is 64.9. The largest absolute Gasteiger partial charge is 0.394 e. The van der Waals surface area contributed by atoms with Crippen LogP contribution >= 0.6 is 0 Å². The van der Waals surface area contributed by atoms with E-state index in [1.165, 1.54) is 353 Å². The Balaban J connectivity index is 3.41. The van der Waals surface area contributed by atoms with E-state index in [9.17, 15) is 20.1 Å². The third-order valence-corrected chi connectivity index (χ3v) is 16.9. The topological polar surface area (TPSA) is 89.8 Å². The first-order valence-electron chi connectivity index (χ1n) is 34.8. The van der Waals surface area contributed by atoms with Crippen molar-refractivity contribution in [3.8, 4) is 0 Å². The standard InChI is InChI=1S/C69H139NO4/c1-3-5-7-9-11-13-15-17-19-21-23-25-27-29-30-31-32-33-34-35-36-37-38-39-40-42-44-46-48-50-52-54-56-58-60-62-66(72)64-69(74)70-67(65-71)68(73)63-61-59-57-55-53-51-49-47-45-43-41-28-26-24-22-20-18-16-14-12-10-8-6-4-2/h66-68,71-73H,3-65H2,1-2H3,(H,70,74). The zero-order valence-corrected chi connectivity index (χ0v) is 51.0. The Morgan fingerprint density at radius 1 is 0.284 bits per heavy atom. The second-order valence-electron chi connectivity index (χ2n) is 24.5. The van der Waals surface area contributed by atoms with Gasteiger partial charge < -0.3 is 20.6 Å². The van der Waals surface area contributed by atoms with Gasteiger partial charge in [-0.1, -0.05) is 393 Å². The highest BCUT2D eigenvalue weighted by Crippen LogP contribution is 2.20. The molecule has 0 bridgehead atoms. The summed E-state index contributed by atoms with van der Waals surface area (Å²) in [6, 6.07) is -0.655. The molecule has 0 aromatic heterocycles. The maximum atomic E-state index is 12.6. The van der Waals surface area contributed by atoms with E-state index in [4.69, 9.17) is 0 Å². The van der Waals surface area contributed by atoms with Crippen LogP contribution in [0.3, 0.4) is 0 Å². The molecule has 1 amide bonds. The number of hydrogen-bond donors (Lipinski definition) is 4. The van der Waals surface area contributed by atoms with Crippen molar-refractivity contribution in [2.24, 2.45) is 0 Å². The second-order valence-corrected chi connectivity index (χ2v) is 24.5. The molecule has 0 rings (SSSR count). The molecule has 0 spiro atoms. The lowest BCUT2D eigenvalue weighted by Gasteiger charge is -2.23. The van der Waals surface area contributed by atoms with Crippen molar-refractivity contribution in [2.45, 2.75) is 430 Å². The van der Waals surface area contributed by atoms with Gasteiger partial charge in [0.15, 0.2) is 0 Å². The molecule has 3 atom stereocenters. The molecule has 0 saturated heterocycles. The van der Waals surface area contributed by atoms with Crippen LogP contribution in [0, 0.1) is 0 Å². The van der Waals surface area contributed by atoms with Crippen LogP contribution < -0.4 is 5.32 Å². The summed E-state index contributed by atoms with van der Waals surface area (Å²) in [6.45, 7) is 4.33. The number of aliphatic hydroxyl groups excluding tert-OH is 3. The Morgan fingerprint density at radius 3 is 0.649 bits per heavy atom. The number of rotatable bonds is 66. The fraction of sp³-hybridized carbons (Fsp3) is 0.986. The SMILES string of the molecule is CCCCCCCCCCCCCCCCCCCCCCCCCCCCCCCCCCCCCC(O)CC(=O)NC(CO)C(O)CCCCCCCCCCCCCCCCCCCCCCCCCC. The highest BCUT2D eigenvalue weighted by molar-refractivity contribution is 5.76. The molecular weight excluding hydrogens is 907 g/mol. The number of nitrogens with one attached hydrogen (secondary N) is 1. The van der Waals surface area contributed by atoms with Crippen LogP contribution in [0.25, 0.3) is 0 Å². The summed E-state index contributed by atoms with van der Waals surface area (Å²) >= 11 is 0. The highest BCUT2D eigenvalue weighted by atomic mass is 16.3. The van der Waals surface area contributed by atoms with Crippen LogP contribution in [0.1, 0.15) is 412 Å². The molecule has 4 N–H and O–H groups in total. The predicted molar refractivity (Wildman–Crippen MR) is 329 cm³/mol. The average molecular weight is 1050 g/mol. The van der Waals surface area contributed by atoms with Crippen molar-refractivity contribution in [3.05, 3.63) is 0 Å². The van der Waals surface area contributed by atoms with Gasteiger partial charge in [0.1, 0.15) is 0 Å². The Bertz CT molecular complexity index is 1020. The first-order valence-corrected chi connectivity index (χ1v) is 34.8. The monoisotopic (exact) mass is 1050 g/mol. The van der Waals surface area contributed by atoms with Crippen LogP contribution in [0.15, 0.2) is 0 Å². The maximum absolute atomic E-state index is 12.6. The quantitative estimate of drug-likeness (QED) is 0.0457. The Kier molecular flexibility index (Phi) is 64.3. The summed E-state index contributed by atoms with van der Waals surface area (Å²) in [7, 11) is 0. The van der Waals surface area contributed by atoms with Gasteiger partial charge in [0.25, 0.3) is 0 Å². The number of amides is 1. The molecule has 0 saturated carbocycles. The molecular formula is C69H139NO4. The fourth-order valence-corrected chi connectivity index (χ4v) is 11.6. The van der Waals surface area contributed by atoms with Crippen molar-refractivity contribution in [1.82, 2.24) is 5.32 Å². The molecule has 0 heterocycles. The minimum Gasteiger partial charge on any atom is -0.394 e. The van der Waals surface area contributed by atoms with E-state index in [0.29, 0.717) is 12.8 Å². The summed E-state index contributed by atoms with van der Waals surface area (Å²) in [5.74, 6) is -0.272. The van der Waals surface area contributed by atoms with E-state index in [1.54, 1.807) is 0 Å². The summed E-state index contributed by atoms with van der Waals surface area (Å²) in [5.41, 5.74) is 0. The third kappa shape index (κ3) is 60.6. The van der Waals surface area contributed by atoms with Gasteiger partial charge in [0, 0.05) is 0 Å². The summed E-state index contributed by atoms with van der Waals surface area (Å²) in [6.07, 6.45) is 81.9. The van der Waals surface area contributed by atoms with Crippen molar-refractivity contribution in [3.63, 3.8) is 0 Å². The molecule has 5 nitrogen and oxygen atoms in total. The number of carbonyl (C=O) groups is 1. The summed E-state index contributed by atoms with van der Waals surface area (Å²) < 4.78 is 0. The molecule has 0 aliphatic carbocycles. The average Bonchev–Trinajstić information content (AvgIpc) is 3.40. The van der Waals surface area contributed by atoms with Gasteiger partial charge in [-0.2, -0.15) is 0 Å². The van der Waals surface area contributed by atoms with Crippen LogP contribution in [0.5, 0.6) is 0 Å². The zero-order chi connectivity index (χ0) is 53.6. The predicted octanol–water partition coefficient (Wildman–Crippen LogP) is 22.4. The van der Waals surface area contributed by atoms with E-state index in [2.05, 4.69) is 19.2 Å². The Hall–Kier alpha value is -0.650. The Labute approximate surface area is 466 Å². The van der Waals surface area contributed by atoms with Gasteiger partial charge in [-0.05, 0) is 12.8 Å². The molecule has 5 heteroatoms. The van der Waals surface area contributed by atoms with Crippen LogP contribution in [-0.2, 0) is 4.79 Å². The normalized spacial score (nSPS) is 13.0. The first-order chi connectivity index (χ1) is 36.5. The van der Waals surface area contributed by atoms with Crippen molar-refractivity contribution in [1.29, 1.82) is 0 Å². The highest BCUT2D eigenvalue weighted by Gasteiger charge is 2.21. The van der Waals surface area contributed by atoms with Crippen molar-refractivity contribution >= 4 is 5.91 Å². The van der Waals surface area contributed by atoms with Crippen LogP contribution in [0.2, 0.25) is 0 Å². The Morgan fingerprint density at radius 2 is 0.459 bits per heavy atom. The molecule has 0 aliphatic heterocycles. The third-order valence-electron chi connectivity index (χ3n) is 16.9. The first kappa shape index (κ1) is 73.3. The number of unbranched alkanes of at least 4 members (excludes halogenated alkanes) is 57. The van der Waals surface area contributed by atoms with Gasteiger partial charge >= 0.3 is 0 Å². The summed E-state index contributed by atoms with van der Waals surface area (Å²) in [5, 5.41) is 33.8. The fourth-order valence-electron chi connectivity index (χ4n) is 11.6. The molecule has 444 valence electrons. The van der Waals surface area contributed by atoms with Gasteiger partial charge in [-0.3, -0.25) is 4.79 Å². The lowest BCUT2D eigenvalue weighted by atomic mass is 10.0. The smallest absolute Gasteiger partial charge is 0.222 e. The number of carbonyl (C=O) groups excluding carboxylic acids is 1. The number of hydrogen-bond acceptors (Lipinski definition) is 4.